The van der Waals surface area contributed by atoms with Gasteiger partial charge in [-0.25, -0.2) is 9.97 Å². The molecular weight excluding hydrogens is 438 g/mol. The summed E-state index contributed by atoms with van der Waals surface area (Å²) < 4.78 is 3.95. The molecule has 1 aliphatic heterocycles. The molecule has 1 saturated heterocycles. The number of aryl methyl sites for hydroxylation is 1. The fourth-order valence-corrected chi connectivity index (χ4v) is 5.72. The van der Waals surface area contributed by atoms with Crippen molar-refractivity contribution in [1.29, 1.82) is 0 Å². The molecule has 1 amide bonds. The van der Waals surface area contributed by atoms with Crippen molar-refractivity contribution < 1.29 is 4.79 Å². The number of carbonyl (C=O) groups is 1. The Morgan fingerprint density at radius 3 is 2.34 bits per heavy atom. The lowest BCUT2D eigenvalue weighted by Crippen LogP contribution is -2.46. The maximum atomic E-state index is 12.1. The van der Waals surface area contributed by atoms with E-state index in [4.69, 9.17) is 0 Å². The molecule has 0 bridgehead atoms. The highest BCUT2D eigenvalue weighted by Gasteiger charge is 2.45. The first-order valence-electron chi connectivity index (χ1n) is 12.2. The molecule has 4 aromatic rings. The predicted octanol–water partition coefficient (Wildman–Crippen LogP) is 4.51. The minimum Gasteiger partial charge on any atom is -0.340 e. The summed E-state index contributed by atoms with van der Waals surface area (Å²) in [6.07, 6.45) is 15.4. The summed E-state index contributed by atoms with van der Waals surface area (Å²) in [5.41, 5.74) is 5.15. The molecule has 3 aromatic heterocycles. The highest BCUT2D eigenvalue weighted by molar-refractivity contribution is 5.79. The third kappa shape index (κ3) is 3.83. The SMILES string of the molecule is Cn1nccc1-c1cccc(-c2ncc(-c3cnn([C@H]4CC[C@]5(CCC(=O)N5C)CC4)c3)cn2)c1. The summed E-state index contributed by atoms with van der Waals surface area (Å²) in [6.45, 7) is 0. The fraction of sp³-hybridized carbons (Fsp3) is 0.370. The number of amides is 1. The highest BCUT2D eigenvalue weighted by atomic mass is 16.2. The number of likely N-dealkylation sites (tertiary alicyclic amines) is 1. The van der Waals surface area contributed by atoms with Gasteiger partial charge in [0.25, 0.3) is 0 Å². The zero-order valence-electron chi connectivity index (χ0n) is 20.1. The van der Waals surface area contributed by atoms with Crippen LogP contribution in [0.3, 0.4) is 0 Å². The van der Waals surface area contributed by atoms with Crippen molar-refractivity contribution >= 4 is 5.91 Å². The number of carbonyl (C=O) groups excluding carboxylic acids is 1. The van der Waals surface area contributed by atoms with Crippen LogP contribution in [0.1, 0.15) is 44.6 Å². The van der Waals surface area contributed by atoms with E-state index in [0.29, 0.717) is 18.3 Å². The molecule has 0 radical (unpaired) electrons. The maximum Gasteiger partial charge on any atom is 0.222 e. The largest absolute Gasteiger partial charge is 0.340 e. The van der Waals surface area contributed by atoms with Gasteiger partial charge in [-0.1, -0.05) is 18.2 Å². The Hall–Kier alpha value is -3.81. The van der Waals surface area contributed by atoms with Gasteiger partial charge in [0.05, 0.1) is 17.9 Å². The number of aromatic nitrogens is 6. The third-order valence-corrected chi connectivity index (χ3v) is 7.97. The standard InChI is InChI=1S/C27H29N7O/c1-32-25(35)8-12-27(32)10-6-23(7-11-27)34-18-22(17-31-34)21-15-28-26(29-16-21)20-5-3-4-19(14-20)24-9-13-30-33(24)2/h3-5,9,13-18,23H,6-8,10-12H2,1-2H3/t23-,27+. The van der Waals surface area contributed by atoms with E-state index in [2.05, 4.69) is 43.2 Å². The van der Waals surface area contributed by atoms with Crippen LogP contribution in [0.4, 0.5) is 0 Å². The van der Waals surface area contributed by atoms with Crippen LogP contribution in [0, 0.1) is 0 Å². The van der Waals surface area contributed by atoms with Crippen molar-refractivity contribution in [2.45, 2.75) is 50.1 Å². The van der Waals surface area contributed by atoms with Crippen LogP contribution < -0.4 is 0 Å². The van der Waals surface area contributed by atoms with E-state index in [1.54, 1.807) is 6.20 Å². The van der Waals surface area contributed by atoms with Crippen molar-refractivity contribution in [2.24, 2.45) is 7.05 Å². The molecule has 4 heterocycles. The first-order chi connectivity index (χ1) is 17.0. The van der Waals surface area contributed by atoms with E-state index in [-0.39, 0.29) is 11.4 Å². The normalized spacial score (nSPS) is 22.3. The number of nitrogens with zero attached hydrogens (tertiary/aromatic N) is 7. The minimum absolute atomic E-state index is 0.0707. The van der Waals surface area contributed by atoms with E-state index in [0.717, 1.165) is 60.1 Å². The first kappa shape index (κ1) is 21.7. The summed E-state index contributed by atoms with van der Waals surface area (Å²) in [7, 11) is 3.91. The Morgan fingerprint density at radius 2 is 1.66 bits per heavy atom. The minimum atomic E-state index is 0.0707. The van der Waals surface area contributed by atoms with Gasteiger partial charge in [0.2, 0.25) is 5.91 Å². The number of benzene rings is 1. The molecule has 1 aromatic carbocycles. The molecule has 1 spiro atoms. The average molecular weight is 468 g/mol. The van der Waals surface area contributed by atoms with Crippen LogP contribution in [0.2, 0.25) is 0 Å². The molecule has 178 valence electrons. The van der Waals surface area contributed by atoms with E-state index < -0.39 is 0 Å². The lowest BCUT2D eigenvalue weighted by molar-refractivity contribution is -0.130. The van der Waals surface area contributed by atoms with E-state index in [9.17, 15) is 4.79 Å². The van der Waals surface area contributed by atoms with Crippen molar-refractivity contribution in [3.8, 4) is 33.8 Å². The molecule has 2 fully saturated rings. The predicted molar refractivity (Wildman–Crippen MR) is 133 cm³/mol. The van der Waals surface area contributed by atoms with Crippen LogP contribution in [0.15, 0.2) is 61.3 Å². The van der Waals surface area contributed by atoms with Gasteiger partial charge in [-0.15, -0.1) is 0 Å². The van der Waals surface area contributed by atoms with Crippen LogP contribution in [-0.4, -0.2) is 52.9 Å². The zero-order valence-corrected chi connectivity index (χ0v) is 20.1. The molecule has 1 aliphatic carbocycles. The number of rotatable bonds is 4. The van der Waals surface area contributed by atoms with Gasteiger partial charge >= 0.3 is 0 Å². The first-order valence-corrected chi connectivity index (χ1v) is 12.2. The van der Waals surface area contributed by atoms with Crippen LogP contribution in [0.25, 0.3) is 33.8 Å². The molecular formula is C27H29N7O. The summed E-state index contributed by atoms with van der Waals surface area (Å²) in [4.78, 5) is 23.3. The molecule has 0 unspecified atom stereocenters. The Kier molecular flexibility index (Phi) is 5.24. The molecule has 6 rings (SSSR count). The lowest BCUT2D eigenvalue weighted by Gasteiger charge is -2.42. The smallest absolute Gasteiger partial charge is 0.222 e. The van der Waals surface area contributed by atoms with Crippen LogP contribution in [0.5, 0.6) is 0 Å². The Labute approximate surface area is 204 Å². The van der Waals surface area contributed by atoms with Crippen molar-refractivity contribution in [3.05, 3.63) is 61.3 Å². The Morgan fingerprint density at radius 1 is 0.886 bits per heavy atom. The molecule has 8 nitrogen and oxygen atoms in total. The lowest BCUT2D eigenvalue weighted by atomic mass is 9.78. The second-order valence-corrected chi connectivity index (χ2v) is 9.83. The highest BCUT2D eigenvalue weighted by Crippen LogP contribution is 2.44. The third-order valence-electron chi connectivity index (χ3n) is 7.97. The molecule has 2 aliphatic rings. The van der Waals surface area contributed by atoms with Crippen LogP contribution >= 0.6 is 0 Å². The van der Waals surface area contributed by atoms with Gasteiger partial charge in [0.15, 0.2) is 5.82 Å². The monoisotopic (exact) mass is 467 g/mol. The van der Waals surface area contributed by atoms with E-state index >= 15 is 0 Å². The molecule has 1 saturated carbocycles. The fourth-order valence-electron chi connectivity index (χ4n) is 5.72. The molecule has 8 heteroatoms. The van der Waals surface area contributed by atoms with Crippen LogP contribution in [-0.2, 0) is 11.8 Å². The summed E-state index contributed by atoms with van der Waals surface area (Å²) in [5, 5.41) is 8.93. The number of hydrogen-bond donors (Lipinski definition) is 0. The van der Waals surface area contributed by atoms with Crippen molar-refractivity contribution in [2.75, 3.05) is 7.05 Å². The Balaban J connectivity index is 1.16. The van der Waals surface area contributed by atoms with Gasteiger partial charge in [-0.2, -0.15) is 10.2 Å². The second kappa shape index (κ2) is 8.45. The molecule has 35 heavy (non-hydrogen) atoms. The van der Waals surface area contributed by atoms with E-state index in [1.807, 2.05) is 60.5 Å². The van der Waals surface area contributed by atoms with Gasteiger partial charge in [-0.3, -0.25) is 14.2 Å². The average Bonchev–Trinajstić information content (AvgIpc) is 3.62. The van der Waals surface area contributed by atoms with Gasteiger partial charge < -0.3 is 4.90 Å². The van der Waals surface area contributed by atoms with E-state index in [1.165, 1.54) is 0 Å². The second-order valence-electron chi connectivity index (χ2n) is 9.83. The quantitative estimate of drug-likeness (QED) is 0.441. The van der Waals surface area contributed by atoms with Gasteiger partial charge in [0, 0.05) is 73.1 Å². The topological polar surface area (TPSA) is 81.7 Å². The Bertz CT molecular complexity index is 1360. The summed E-state index contributed by atoms with van der Waals surface area (Å²) in [5.74, 6) is 0.981. The van der Waals surface area contributed by atoms with Crippen molar-refractivity contribution in [1.82, 2.24) is 34.4 Å². The van der Waals surface area contributed by atoms with Gasteiger partial charge in [0.1, 0.15) is 0 Å². The van der Waals surface area contributed by atoms with Gasteiger partial charge in [-0.05, 0) is 44.2 Å². The summed E-state index contributed by atoms with van der Waals surface area (Å²) >= 11 is 0. The summed E-state index contributed by atoms with van der Waals surface area (Å²) in [6, 6.07) is 10.6. The van der Waals surface area contributed by atoms with Crippen molar-refractivity contribution in [3.63, 3.8) is 0 Å². The molecule has 0 N–H and O–H groups in total. The molecule has 0 atom stereocenters. The zero-order chi connectivity index (χ0) is 24.0. The number of hydrogen-bond acceptors (Lipinski definition) is 5. The maximum absolute atomic E-state index is 12.1.